The molecule has 0 aromatic carbocycles. The Bertz CT molecular complexity index is 292. The van der Waals surface area contributed by atoms with Crippen molar-refractivity contribution in [1.82, 2.24) is 5.32 Å². The number of hydrogen-bond acceptors (Lipinski definition) is 2. The van der Waals surface area contributed by atoms with Crippen LogP contribution in [0.4, 0.5) is 4.39 Å². The van der Waals surface area contributed by atoms with E-state index in [2.05, 4.69) is 5.32 Å². The second-order valence-corrected chi connectivity index (χ2v) is 2.40. The van der Waals surface area contributed by atoms with Gasteiger partial charge in [-0.2, -0.15) is 0 Å². The molecule has 0 saturated heterocycles. The van der Waals surface area contributed by atoms with Crippen molar-refractivity contribution in [3.05, 3.63) is 35.9 Å². The smallest absolute Gasteiger partial charge is 0.244 e. The summed E-state index contributed by atoms with van der Waals surface area (Å²) in [5.41, 5.74) is 0. The lowest BCUT2D eigenvalue weighted by Gasteiger charge is -1.98. The van der Waals surface area contributed by atoms with E-state index in [0.717, 1.165) is 0 Å². The van der Waals surface area contributed by atoms with Gasteiger partial charge in [0.2, 0.25) is 5.91 Å². The highest BCUT2D eigenvalue weighted by Gasteiger charge is 2.03. The first-order chi connectivity index (χ1) is 6.24. The molecule has 0 atom stereocenters. The number of ether oxygens (including phenoxy) is 1. The third-order valence-electron chi connectivity index (χ3n) is 1.50. The summed E-state index contributed by atoms with van der Waals surface area (Å²) in [6, 6.07) is 0. The van der Waals surface area contributed by atoms with Crippen molar-refractivity contribution in [2.24, 2.45) is 0 Å². The molecule has 0 aliphatic carbocycles. The summed E-state index contributed by atoms with van der Waals surface area (Å²) < 4.78 is 17.8. The van der Waals surface area contributed by atoms with E-state index in [0.29, 0.717) is 6.54 Å². The fraction of sp³-hybridized carbons (Fsp3) is 0.222. The van der Waals surface area contributed by atoms with Crippen molar-refractivity contribution in [2.75, 3.05) is 13.7 Å². The zero-order valence-electron chi connectivity index (χ0n) is 7.21. The first-order valence-electron chi connectivity index (χ1n) is 3.80. The van der Waals surface area contributed by atoms with Gasteiger partial charge in [0.25, 0.3) is 0 Å². The minimum Gasteiger partial charge on any atom is -0.494 e. The van der Waals surface area contributed by atoms with Crippen LogP contribution in [0.3, 0.4) is 0 Å². The molecule has 1 aliphatic rings. The van der Waals surface area contributed by atoms with E-state index in [1.54, 1.807) is 0 Å². The fourth-order valence-corrected chi connectivity index (χ4v) is 0.859. The number of methoxy groups -OCH3 is 1. The van der Waals surface area contributed by atoms with Crippen LogP contribution in [0.15, 0.2) is 35.9 Å². The van der Waals surface area contributed by atoms with Crippen molar-refractivity contribution >= 4 is 5.91 Å². The van der Waals surface area contributed by atoms with Crippen molar-refractivity contribution in [3.63, 3.8) is 0 Å². The molecule has 0 bridgehead atoms. The van der Waals surface area contributed by atoms with Crippen LogP contribution in [0.1, 0.15) is 0 Å². The van der Waals surface area contributed by atoms with E-state index in [-0.39, 0.29) is 11.7 Å². The van der Waals surface area contributed by atoms with E-state index < -0.39 is 5.83 Å². The number of allylic oxidation sites excluding steroid dienone is 3. The quantitative estimate of drug-likeness (QED) is 0.660. The normalized spacial score (nSPS) is 28.0. The summed E-state index contributed by atoms with van der Waals surface area (Å²) in [6.07, 6.45) is 5.29. The van der Waals surface area contributed by atoms with Gasteiger partial charge in [0.05, 0.1) is 7.11 Å². The second kappa shape index (κ2) is 4.45. The molecular weight excluding hydrogens is 173 g/mol. The summed E-state index contributed by atoms with van der Waals surface area (Å²) in [5, 5.41) is 2.53. The number of nitrogens with one attached hydrogen (secondary N) is 1. The number of carbonyl (C=O) groups is 1. The highest BCUT2D eigenvalue weighted by molar-refractivity contribution is 5.88. The molecule has 0 saturated carbocycles. The van der Waals surface area contributed by atoms with Crippen LogP contribution in [0.2, 0.25) is 0 Å². The van der Waals surface area contributed by atoms with Crippen LogP contribution in [-0.4, -0.2) is 19.6 Å². The summed E-state index contributed by atoms with van der Waals surface area (Å²) >= 11 is 0. The maximum Gasteiger partial charge on any atom is 0.244 e. The topological polar surface area (TPSA) is 38.3 Å². The molecule has 0 radical (unpaired) electrons. The fourth-order valence-electron chi connectivity index (χ4n) is 0.859. The minimum atomic E-state index is -0.491. The van der Waals surface area contributed by atoms with Crippen molar-refractivity contribution in [2.45, 2.75) is 0 Å². The van der Waals surface area contributed by atoms with Gasteiger partial charge in [0.1, 0.15) is 0 Å². The van der Waals surface area contributed by atoms with E-state index >= 15 is 0 Å². The summed E-state index contributed by atoms with van der Waals surface area (Å²) in [5.74, 6) is -0.711. The third kappa shape index (κ3) is 2.74. The molecule has 70 valence electrons. The number of hydrogen-bond donors (Lipinski definition) is 1. The third-order valence-corrected chi connectivity index (χ3v) is 1.50. The molecule has 1 N–H and O–H groups in total. The van der Waals surface area contributed by atoms with Gasteiger partial charge < -0.3 is 10.1 Å². The first-order valence-corrected chi connectivity index (χ1v) is 3.80. The molecule has 1 amide bonds. The average Bonchev–Trinajstić information content (AvgIpc) is 2.19. The lowest BCUT2D eigenvalue weighted by molar-refractivity contribution is -0.116. The van der Waals surface area contributed by atoms with Gasteiger partial charge in [0, 0.05) is 12.6 Å². The summed E-state index contributed by atoms with van der Waals surface area (Å²) in [7, 11) is 1.35. The van der Waals surface area contributed by atoms with Gasteiger partial charge in [0.15, 0.2) is 11.6 Å². The molecule has 0 unspecified atom stereocenters. The van der Waals surface area contributed by atoms with Gasteiger partial charge in [-0.3, -0.25) is 4.79 Å². The number of amides is 1. The lowest BCUT2D eigenvalue weighted by atomic mass is 10.3. The molecule has 0 aromatic rings. The van der Waals surface area contributed by atoms with Crippen LogP contribution in [0.25, 0.3) is 0 Å². The maximum absolute atomic E-state index is 13.1. The molecule has 1 heterocycles. The van der Waals surface area contributed by atoms with Crippen LogP contribution in [0, 0.1) is 0 Å². The summed E-state index contributed by atoms with van der Waals surface area (Å²) in [4.78, 5) is 10.9. The average molecular weight is 183 g/mol. The lowest BCUT2D eigenvalue weighted by Crippen LogP contribution is -2.20. The molecule has 1 rings (SSSR count). The largest absolute Gasteiger partial charge is 0.494 e. The van der Waals surface area contributed by atoms with E-state index in [4.69, 9.17) is 4.74 Å². The number of halogens is 1. The molecule has 4 heteroatoms. The molecule has 13 heavy (non-hydrogen) atoms. The predicted octanol–water partition coefficient (Wildman–Crippen LogP) is 1.06. The molecule has 0 aromatic heterocycles. The first kappa shape index (κ1) is 9.51. The van der Waals surface area contributed by atoms with Crippen molar-refractivity contribution < 1.29 is 13.9 Å². The molecule has 0 fully saturated rings. The molecular formula is C9H10FNO2. The highest BCUT2D eigenvalue weighted by Crippen LogP contribution is 2.10. The van der Waals surface area contributed by atoms with Gasteiger partial charge in [-0.05, 0) is 12.2 Å². The van der Waals surface area contributed by atoms with Crippen molar-refractivity contribution in [3.8, 4) is 0 Å². The van der Waals surface area contributed by atoms with E-state index in [1.807, 2.05) is 0 Å². The zero-order chi connectivity index (χ0) is 9.68. The molecule has 3 nitrogen and oxygen atoms in total. The predicted molar refractivity (Wildman–Crippen MR) is 46.4 cm³/mol. The SMILES string of the molecule is COC1=C(F)/C=C/CNC(=O)\C=C\1. The second-order valence-electron chi connectivity index (χ2n) is 2.40. The number of carbonyl (C=O) groups excluding carboxylic acids is 1. The Morgan fingerprint density at radius 1 is 1.46 bits per heavy atom. The standard InChI is InChI=1S/C9H10FNO2/c1-13-8-4-5-9(12)11-6-2-3-7(8)10/h2-5H,6H2,1H3,(H,11,12)/b3-2+,5-4+,8-7-. The highest BCUT2D eigenvalue weighted by atomic mass is 19.1. The van der Waals surface area contributed by atoms with Crippen LogP contribution in [0.5, 0.6) is 0 Å². The Labute approximate surface area is 75.6 Å². The zero-order valence-corrected chi connectivity index (χ0v) is 7.21. The Balaban J connectivity index is 2.95. The molecule has 1 aliphatic heterocycles. The Morgan fingerprint density at radius 2 is 2.23 bits per heavy atom. The monoisotopic (exact) mass is 183 g/mol. The maximum atomic E-state index is 13.1. The van der Waals surface area contributed by atoms with Gasteiger partial charge in [-0.25, -0.2) is 4.39 Å². The Hall–Kier alpha value is -1.58. The number of rotatable bonds is 1. The molecule has 0 spiro atoms. The minimum absolute atomic E-state index is 0.0494. The Morgan fingerprint density at radius 3 is 2.92 bits per heavy atom. The van der Waals surface area contributed by atoms with Crippen LogP contribution in [-0.2, 0) is 9.53 Å². The van der Waals surface area contributed by atoms with E-state index in [1.165, 1.54) is 31.4 Å². The van der Waals surface area contributed by atoms with Crippen LogP contribution < -0.4 is 5.32 Å². The Kier molecular flexibility index (Phi) is 3.25. The summed E-state index contributed by atoms with van der Waals surface area (Å²) in [6.45, 7) is 0.313. The van der Waals surface area contributed by atoms with E-state index in [9.17, 15) is 9.18 Å². The van der Waals surface area contributed by atoms with Gasteiger partial charge in [-0.15, -0.1) is 0 Å². The van der Waals surface area contributed by atoms with Crippen molar-refractivity contribution in [1.29, 1.82) is 0 Å². The van der Waals surface area contributed by atoms with Crippen LogP contribution >= 0.6 is 0 Å². The van der Waals surface area contributed by atoms with Gasteiger partial charge >= 0.3 is 0 Å². The van der Waals surface area contributed by atoms with Gasteiger partial charge in [-0.1, -0.05) is 6.08 Å².